The SMILES string of the molecule is CN=C(NCCCOC)N1CCC(NC(=O)OC(C)(C)C)C1.I. The minimum absolute atomic E-state index is 0. The molecule has 136 valence electrons. The highest BCUT2D eigenvalue weighted by molar-refractivity contribution is 14.0. The third-order valence-electron chi connectivity index (χ3n) is 3.23. The van der Waals surface area contributed by atoms with Crippen LogP contribution in [0.15, 0.2) is 4.99 Å². The van der Waals surface area contributed by atoms with Crippen LogP contribution < -0.4 is 10.6 Å². The number of amides is 1. The molecule has 1 saturated heterocycles. The number of halogens is 1. The van der Waals surface area contributed by atoms with Crippen molar-refractivity contribution in [2.24, 2.45) is 4.99 Å². The van der Waals surface area contributed by atoms with E-state index in [4.69, 9.17) is 9.47 Å². The Balaban J connectivity index is 0.00000484. The van der Waals surface area contributed by atoms with Crippen LogP contribution in [0, 0.1) is 0 Å². The molecule has 0 saturated carbocycles. The van der Waals surface area contributed by atoms with Gasteiger partial charge in [0.1, 0.15) is 5.60 Å². The smallest absolute Gasteiger partial charge is 0.407 e. The first-order chi connectivity index (χ1) is 10.4. The molecule has 0 aliphatic carbocycles. The molecule has 0 bridgehead atoms. The first-order valence-corrected chi connectivity index (χ1v) is 7.79. The molecule has 2 N–H and O–H groups in total. The number of carbonyl (C=O) groups excluding carboxylic acids is 1. The van der Waals surface area contributed by atoms with E-state index in [1.807, 2.05) is 20.8 Å². The van der Waals surface area contributed by atoms with Gasteiger partial charge < -0.3 is 25.0 Å². The Bertz CT molecular complexity index is 385. The molecule has 1 aliphatic rings. The van der Waals surface area contributed by atoms with Crippen molar-refractivity contribution in [1.29, 1.82) is 0 Å². The van der Waals surface area contributed by atoms with Gasteiger partial charge >= 0.3 is 6.09 Å². The minimum Gasteiger partial charge on any atom is -0.444 e. The van der Waals surface area contributed by atoms with E-state index in [-0.39, 0.29) is 36.1 Å². The molecule has 1 unspecified atom stereocenters. The Morgan fingerprint density at radius 1 is 1.39 bits per heavy atom. The molecule has 1 fully saturated rings. The van der Waals surface area contributed by atoms with Gasteiger partial charge in [0, 0.05) is 40.4 Å². The zero-order valence-electron chi connectivity index (χ0n) is 14.8. The highest BCUT2D eigenvalue weighted by atomic mass is 127. The van der Waals surface area contributed by atoms with Gasteiger partial charge in [0.15, 0.2) is 5.96 Å². The molecule has 1 heterocycles. The van der Waals surface area contributed by atoms with Crippen LogP contribution in [0.2, 0.25) is 0 Å². The van der Waals surface area contributed by atoms with Crippen LogP contribution in [0.3, 0.4) is 0 Å². The number of hydrogen-bond acceptors (Lipinski definition) is 4. The van der Waals surface area contributed by atoms with Gasteiger partial charge in [-0.1, -0.05) is 0 Å². The first-order valence-electron chi connectivity index (χ1n) is 7.79. The lowest BCUT2D eigenvalue weighted by Gasteiger charge is -2.23. The van der Waals surface area contributed by atoms with Gasteiger partial charge in [-0.15, -0.1) is 24.0 Å². The molecule has 1 atom stereocenters. The van der Waals surface area contributed by atoms with E-state index < -0.39 is 5.60 Å². The highest BCUT2D eigenvalue weighted by Crippen LogP contribution is 2.11. The number of alkyl carbamates (subject to hydrolysis) is 1. The number of nitrogens with zero attached hydrogens (tertiary/aromatic N) is 2. The van der Waals surface area contributed by atoms with Crippen LogP contribution in [0.25, 0.3) is 0 Å². The predicted molar refractivity (Wildman–Crippen MR) is 103 cm³/mol. The fourth-order valence-corrected chi connectivity index (χ4v) is 2.29. The van der Waals surface area contributed by atoms with E-state index in [1.54, 1.807) is 14.2 Å². The van der Waals surface area contributed by atoms with Crippen molar-refractivity contribution in [3.8, 4) is 0 Å². The lowest BCUT2D eigenvalue weighted by molar-refractivity contribution is 0.0507. The Kier molecular flexibility index (Phi) is 10.5. The number of aliphatic imine (C=N–C) groups is 1. The number of rotatable bonds is 5. The van der Waals surface area contributed by atoms with Crippen molar-refractivity contribution >= 4 is 36.0 Å². The summed E-state index contributed by atoms with van der Waals surface area (Å²) < 4.78 is 10.3. The summed E-state index contributed by atoms with van der Waals surface area (Å²) in [6.07, 6.45) is 1.46. The molecule has 1 aliphatic heterocycles. The molecule has 8 heteroatoms. The van der Waals surface area contributed by atoms with Crippen LogP contribution in [0.5, 0.6) is 0 Å². The molecule has 7 nitrogen and oxygen atoms in total. The number of likely N-dealkylation sites (tertiary alicyclic amines) is 1. The third kappa shape index (κ3) is 9.19. The van der Waals surface area contributed by atoms with Crippen LogP contribution in [-0.2, 0) is 9.47 Å². The van der Waals surface area contributed by atoms with E-state index in [9.17, 15) is 4.79 Å². The molecule has 0 spiro atoms. The zero-order valence-corrected chi connectivity index (χ0v) is 17.2. The van der Waals surface area contributed by atoms with Gasteiger partial charge in [-0.3, -0.25) is 4.99 Å². The Morgan fingerprint density at radius 2 is 2.09 bits per heavy atom. The number of nitrogens with one attached hydrogen (secondary N) is 2. The summed E-state index contributed by atoms with van der Waals surface area (Å²) >= 11 is 0. The largest absolute Gasteiger partial charge is 0.444 e. The molecular formula is C15H31IN4O3. The van der Waals surface area contributed by atoms with Crippen LogP contribution >= 0.6 is 24.0 Å². The van der Waals surface area contributed by atoms with E-state index in [1.165, 1.54) is 0 Å². The van der Waals surface area contributed by atoms with Gasteiger partial charge in [-0.25, -0.2) is 4.79 Å². The fraction of sp³-hybridized carbons (Fsp3) is 0.867. The normalized spacial score (nSPS) is 18.4. The summed E-state index contributed by atoms with van der Waals surface area (Å²) in [6, 6.07) is 0.0902. The summed E-state index contributed by atoms with van der Waals surface area (Å²) in [6.45, 7) is 8.74. The second-order valence-electron chi connectivity index (χ2n) is 6.40. The van der Waals surface area contributed by atoms with Crippen molar-refractivity contribution in [2.45, 2.75) is 45.3 Å². The maximum absolute atomic E-state index is 11.8. The van der Waals surface area contributed by atoms with E-state index in [2.05, 4.69) is 20.5 Å². The number of ether oxygens (including phenoxy) is 2. The Morgan fingerprint density at radius 3 is 2.65 bits per heavy atom. The standard InChI is InChI=1S/C15H30N4O3.HI/c1-15(2,3)22-14(20)18-12-7-9-19(11-12)13(16-4)17-8-6-10-21-5;/h12H,6-11H2,1-5H3,(H,16,17)(H,18,20);1H. The predicted octanol–water partition coefficient (Wildman–Crippen LogP) is 1.82. The molecule has 1 rings (SSSR count). The van der Waals surface area contributed by atoms with Crippen molar-refractivity contribution in [2.75, 3.05) is 40.4 Å². The molecule has 0 radical (unpaired) electrons. The van der Waals surface area contributed by atoms with Crippen molar-refractivity contribution in [3.05, 3.63) is 0 Å². The van der Waals surface area contributed by atoms with Crippen molar-refractivity contribution in [1.82, 2.24) is 15.5 Å². The number of guanidine groups is 1. The van der Waals surface area contributed by atoms with Gasteiger partial charge in [0.25, 0.3) is 0 Å². The van der Waals surface area contributed by atoms with Crippen LogP contribution in [-0.4, -0.2) is 69.0 Å². The van der Waals surface area contributed by atoms with Gasteiger partial charge in [-0.05, 0) is 33.6 Å². The first kappa shape index (κ1) is 22.2. The Hall–Kier alpha value is -0.770. The molecule has 1 amide bonds. The van der Waals surface area contributed by atoms with E-state index in [0.717, 1.165) is 45.0 Å². The second-order valence-corrected chi connectivity index (χ2v) is 6.40. The summed E-state index contributed by atoms with van der Waals surface area (Å²) in [5.74, 6) is 0.865. The lowest BCUT2D eigenvalue weighted by Crippen LogP contribution is -2.44. The second kappa shape index (κ2) is 10.9. The zero-order chi connectivity index (χ0) is 16.6. The maximum Gasteiger partial charge on any atom is 0.407 e. The summed E-state index contributed by atoms with van der Waals surface area (Å²) in [7, 11) is 3.47. The van der Waals surface area contributed by atoms with E-state index >= 15 is 0 Å². The molecule has 0 aromatic carbocycles. The van der Waals surface area contributed by atoms with Gasteiger partial charge in [0.2, 0.25) is 0 Å². The van der Waals surface area contributed by atoms with Crippen molar-refractivity contribution < 1.29 is 14.3 Å². The number of carbonyl (C=O) groups is 1. The van der Waals surface area contributed by atoms with Crippen LogP contribution in [0.1, 0.15) is 33.6 Å². The number of hydrogen-bond donors (Lipinski definition) is 2. The highest BCUT2D eigenvalue weighted by Gasteiger charge is 2.27. The lowest BCUT2D eigenvalue weighted by atomic mass is 10.2. The van der Waals surface area contributed by atoms with Gasteiger partial charge in [0.05, 0.1) is 6.04 Å². The topological polar surface area (TPSA) is 75.2 Å². The third-order valence-corrected chi connectivity index (χ3v) is 3.23. The summed E-state index contributed by atoms with van der Waals surface area (Å²) in [4.78, 5) is 18.2. The van der Waals surface area contributed by atoms with E-state index in [0.29, 0.717) is 0 Å². The Labute approximate surface area is 156 Å². The monoisotopic (exact) mass is 442 g/mol. The quantitative estimate of drug-likeness (QED) is 0.294. The maximum atomic E-state index is 11.8. The molecule has 23 heavy (non-hydrogen) atoms. The minimum atomic E-state index is -0.471. The average molecular weight is 442 g/mol. The van der Waals surface area contributed by atoms with Crippen molar-refractivity contribution in [3.63, 3.8) is 0 Å². The molecule has 0 aromatic rings. The average Bonchev–Trinajstić information content (AvgIpc) is 2.85. The summed E-state index contributed by atoms with van der Waals surface area (Å²) in [5, 5.41) is 6.23. The molecular weight excluding hydrogens is 411 g/mol. The van der Waals surface area contributed by atoms with Gasteiger partial charge in [-0.2, -0.15) is 0 Å². The fourth-order valence-electron chi connectivity index (χ4n) is 2.29. The molecule has 0 aromatic heterocycles. The summed E-state index contributed by atoms with van der Waals surface area (Å²) in [5.41, 5.74) is -0.471. The number of methoxy groups -OCH3 is 1. The van der Waals surface area contributed by atoms with Crippen LogP contribution in [0.4, 0.5) is 4.79 Å².